The molecule has 0 amide bonds. The average Bonchev–Trinajstić information content (AvgIpc) is 3.54. The Morgan fingerprint density at radius 2 is 2.09 bits per heavy atom. The molecule has 2 atom stereocenters. The van der Waals surface area contributed by atoms with Crippen LogP contribution in [0.3, 0.4) is 0 Å². The second-order valence-corrected chi connectivity index (χ2v) is 11.7. The molecule has 8 heteroatoms. The number of aromatic nitrogens is 1. The molecule has 0 radical (unpaired) electrons. The lowest BCUT2D eigenvalue weighted by molar-refractivity contribution is 0.0985. The van der Waals surface area contributed by atoms with Gasteiger partial charge in [0.15, 0.2) is 9.84 Å². The molecular formula is C24H38N4O3S. The highest BCUT2D eigenvalue weighted by atomic mass is 32.2. The lowest BCUT2D eigenvalue weighted by Gasteiger charge is -2.36. The summed E-state index contributed by atoms with van der Waals surface area (Å²) >= 11 is 0. The van der Waals surface area contributed by atoms with Crippen LogP contribution in [0.15, 0.2) is 22.7 Å². The number of ether oxygens (including phenoxy) is 1. The predicted molar refractivity (Wildman–Crippen MR) is 131 cm³/mol. The van der Waals surface area contributed by atoms with Crippen LogP contribution in [0.4, 0.5) is 5.82 Å². The number of likely N-dealkylation sites (N-methyl/N-ethyl adjacent to an activating group) is 1. The van der Waals surface area contributed by atoms with Crippen molar-refractivity contribution in [2.75, 3.05) is 45.0 Å². The Morgan fingerprint density at radius 1 is 1.41 bits per heavy atom. The van der Waals surface area contributed by atoms with Gasteiger partial charge in [-0.25, -0.2) is 13.4 Å². The molecule has 0 aromatic carbocycles. The summed E-state index contributed by atoms with van der Waals surface area (Å²) in [7, 11) is 0.432. The number of rotatable bonds is 8. The molecule has 178 valence electrons. The third-order valence-corrected chi connectivity index (χ3v) is 8.89. The molecule has 3 rings (SSSR count). The number of hydrogen-bond acceptors (Lipinski definition) is 7. The third-order valence-electron chi connectivity index (χ3n) is 6.84. The van der Waals surface area contributed by atoms with E-state index < -0.39 is 14.6 Å². The zero-order valence-corrected chi connectivity index (χ0v) is 21.3. The molecule has 32 heavy (non-hydrogen) atoms. The summed E-state index contributed by atoms with van der Waals surface area (Å²) in [5, 5.41) is 3.44. The van der Waals surface area contributed by atoms with Gasteiger partial charge in [0.1, 0.15) is 5.82 Å². The summed E-state index contributed by atoms with van der Waals surface area (Å²) in [6.45, 7) is 10.5. The second-order valence-electron chi connectivity index (χ2n) is 9.37. The first kappa shape index (κ1) is 24.9. The number of aliphatic imine (C=N–C) groups is 1. The van der Waals surface area contributed by atoms with Crippen molar-refractivity contribution in [3.8, 4) is 0 Å². The minimum Gasteiger partial charge on any atom is -0.377 e. The van der Waals surface area contributed by atoms with E-state index in [0.717, 1.165) is 34.8 Å². The molecule has 0 bridgehead atoms. The van der Waals surface area contributed by atoms with Gasteiger partial charge >= 0.3 is 0 Å². The summed E-state index contributed by atoms with van der Waals surface area (Å²) in [5.41, 5.74) is 3.90. The fourth-order valence-electron chi connectivity index (χ4n) is 4.78. The monoisotopic (exact) mass is 462 g/mol. The van der Waals surface area contributed by atoms with Gasteiger partial charge < -0.3 is 15.0 Å². The van der Waals surface area contributed by atoms with Gasteiger partial charge in [0.25, 0.3) is 0 Å². The molecule has 1 aromatic heterocycles. The van der Waals surface area contributed by atoms with E-state index in [1.807, 2.05) is 32.3 Å². The van der Waals surface area contributed by atoms with Crippen molar-refractivity contribution >= 4 is 21.9 Å². The summed E-state index contributed by atoms with van der Waals surface area (Å²) in [5.74, 6) is 1.10. The lowest BCUT2D eigenvalue weighted by Crippen LogP contribution is -2.44. The topological polar surface area (TPSA) is 83.9 Å². The van der Waals surface area contributed by atoms with Gasteiger partial charge in [0.2, 0.25) is 0 Å². The molecule has 2 fully saturated rings. The zero-order chi connectivity index (χ0) is 23.7. The Labute approximate surface area is 193 Å². The van der Waals surface area contributed by atoms with Crippen LogP contribution in [-0.4, -0.2) is 65.8 Å². The van der Waals surface area contributed by atoms with Crippen molar-refractivity contribution in [1.82, 2.24) is 10.3 Å². The van der Waals surface area contributed by atoms with Crippen molar-refractivity contribution < 1.29 is 13.2 Å². The molecule has 0 spiro atoms. The van der Waals surface area contributed by atoms with Crippen molar-refractivity contribution in [2.45, 2.75) is 57.4 Å². The molecular weight excluding hydrogens is 424 g/mol. The van der Waals surface area contributed by atoms with E-state index in [1.54, 1.807) is 7.05 Å². The van der Waals surface area contributed by atoms with Gasteiger partial charge in [-0.1, -0.05) is 13.8 Å². The van der Waals surface area contributed by atoms with E-state index in [4.69, 9.17) is 9.72 Å². The first-order valence-electron chi connectivity index (χ1n) is 11.4. The van der Waals surface area contributed by atoms with E-state index in [2.05, 4.69) is 36.0 Å². The number of hydrogen-bond donors (Lipinski definition) is 1. The fraction of sp³-hybridized carbons (Fsp3) is 0.667. The lowest BCUT2D eigenvalue weighted by atomic mass is 9.89. The van der Waals surface area contributed by atoms with Crippen molar-refractivity contribution in [2.24, 2.45) is 10.9 Å². The minimum atomic E-state index is -3.25. The molecule has 1 saturated heterocycles. The number of morpholine rings is 1. The number of anilines is 1. The van der Waals surface area contributed by atoms with E-state index in [-0.39, 0.29) is 18.0 Å². The Morgan fingerprint density at radius 3 is 2.59 bits per heavy atom. The van der Waals surface area contributed by atoms with Gasteiger partial charge in [0, 0.05) is 26.1 Å². The van der Waals surface area contributed by atoms with Gasteiger partial charge in [-0.3, -0.25) is 4.99 Å². The van der Waals surface area contributed by atoms with Crippen LogP contribution in [0.25, 0.3) is 0 Å². The van der Waals surface area contributed by atoms with Crippen LogP contribution >= 0.6 is 0 Å². The first-order chi connectivity index (χ1) is 15.1. The Bertz CT molecular complexity index is 997. The van der Waals surface area contributed by atoms with Crippen LogP contribution in [0, 0.1) is 12.8 Å². The maximum atomic E-state index is 12.9. The van der Waals surface area contributed by atoms with Crippen molar-refractivity contribution in [3.63, 3.8) is 0 Å². The fourth-order valence-corrected chi connectivity index (χ4v) is 6.24. The maximum absolute atomic E-state index is 12.9. The Balaban J connectivity index is 2.25. The number of nitrogens with zero attached hydrogens (tertiary/aromatic N) is 3. The summed E-state index contributed by atoms with van der Waals surface area (Å²) in [4.78, 5) is 11.5. The highest BCUT2D eigenvalue weighted by molar-refractivity contribution is 7.92. The van der Waals surface area contributed by atoms with E-state index in [9.17, 15) is 8.42 Å². The summed E-state index contributed by atoms with van der Waals surface area (Å²) in [6, 6.07) is 2.06. The first-order valence-corrected chi connectivity index (χ1v) is 13.3. The molecule has 1 aromatic rings. The van der Waals surface area contributed by atoms with Crippen LogP contribution in [0.2, 0.25) is 0 Å². The summed E-state index contributed by atoms with van der Waals surface area (Å²) < 4.78 is 30.5. The quantitative estimate of drug-likeness (QED) is 0.598. The second kappa shape index (κ2) is 9.61. The van der Waals surface area contributed by atoms with Crippen LogP contribution < -0.4 is 10.2 Å². The van der Waals surface area contributed by atoms with Gasteiger partial charge in [-0.05, 0) is 68.5 Å². The smallest absolute Gasteiger partial charge is 0.157 e. The van der Waals surface area contributed by atoms with E-state index >= 15 is 0 Å². The normalized spacial score (nSPS) is 22.6. The molecule has 2 heterocycles. The highest BCUT2D eigenvalue weighted by Crippen LogP contribution is 2.54. The SMILES string of the molecule is C/N=C\C=C(/C(C)C)C(NC)c1nc(N2CCOCC2C)cc(C2(S(C)(=O)=O)CC2)c1C. The predicted octanol–water partition coefficient (Wildman–Crippen LogP) is 3.19. The van der Waals surface area contributed by atoms with Gasteiger partial charge in [0.05, 0.1) is 35.7 Å². The number of sulfone groups is 1. The molecule has 2 aliphatic rings. The molecule has 2 unspecified atom stereocenters. The molecule has 1 aliphatic heterocycles. The van der Waals surface area contributed by atoms with Crippen LogP contribution in [-0.2, 0) is 19.3 Å². The third kappa shape index (κ3) is 4.63. The minimum absolute atomic E-state index is 0.140. The number of allylic oxidation sites excluding steroid dienone is 1. The van der Waals surface area contributed by atoms with Crippen LogP contribution in [0.5, 0.6) is 0 Å². The molecule has 1 aliphatic carbocycles. The number of nitrogens with one attached hydrogen (secondary N) is 1. The Kier molecular flexibility index (Phi) is 7.47. The zero-order valence-electron chi connectivity index (χ0n) is 20.5. The van der Waals surface area contributed by atoms with E-state index in [1.165, 1.54) is 6.26 Å². The molecule has 7 nitrogen and oxygen atoms in total. The van der Waals surface area contributed by atoms with Crippen molar-refractivity contribution in [3.05, 3.63) is 34.5 Å². The standard InChI is InChI=1S/C24H38N4O3S/c1-16(2)19(8-11-25-5)23(26-6)22-18(4)20(24(9-10-24)32(7,29)30)14-21(27-22)28-12-13-31-15-17(28)3/h8,11,14,16-17,23,26H,9-10,12-13,15H2,1-7H3/b19-8+,25-11-. The molecule has 1 saturated carbocycles. The summed E-state index contributed by atoms with van der Waals surface area (Å²) in [6.07, 6.45) is 6.54. The van der Waals surface area contributed by atoms with E-state index in [0.29, 0.717) is 26.1 Å². The van der Waals surface area contributed by atoms with Crippen molar-refractivity contribution in [1.29, 1.82) is 0 Å². The molecule has 1 N–H and O–H groups in total. The van der Waals surface area contributed by atoms with Crippen LogP contribution in [0.1, 0.15) is 56.5 Å². The average molecular weight is 463 g/mol. The van der Waals surface area contributed by atoms with Gasteiger partial charge in [-0.15, -0.1) is 0 Å². The Hall–Kier alpha value is -1.77. The highest BCUT2D eigenvalue weighted by Gasteiger charge is 2.55. The largest absolute Gasteiger partial charge is 0.377 e. The van der Waals surface area contributed by atoms with Gasteiger partial charge in [-0.2, -0.15) is 0 Å². The number of pyridine rings is 1. The maximum Gasteiger partial charge on any atom is 0.157 e.